The fraction of sp³-hybridized carbons (Fsp3) is 0. The zero-order valence-electron chi connectivity index (χ0n) is 12.5. The second-order valence-corrected chi connectivity index (χ2v) is 5.48. The Balaban J connectivity index is 2.72. The molecule has 0 fully saturated rings. The molecule has 0 saturated carbocycles. The number of hydrogen-bond donors (Lipinski definition) is 2. The van der Waals surface area contributed by atoms with Gasteiger partial charge >= 0.3 is 24.0 Å². The van der Waals surface area contributed by atoms with E-state index in [4.69, 9.17) is 42.2 Å². The summed E-state index contributed by atoms with van der Waals surface area (Å²) in [7, 11) is 0. The van der Waals surface area contributed by atoms with Crippen LogP contribution in [0.4, 0.5) is 9.59 Å². The normalized spacial score (nSPS) is 10.7. The Hall–Kier alpha value is -3.44. The van der Waals surface area contributed by atoms with Crippen LogP contribution in [-0.4, -0.2) is 22.5 Å². The molecule has 2 bridgehead atoms. The highest BCUT2D eigenvalue weighted by Crippen LogP contribution is 2.45. The zero-order chi connectivity index (χ0) is 19.9. The van der Waals surface area contributed by atoms with Crippen LogP contribution in [0.3, 0.4) is 0 Å². The van der Waals surface area contributed by atoms with Crippen LogP contribution in [0.2, 0.25) is 10.0 Å². The molecule has 1 aromatic heterocycles. The smallest absolute Gasteiger partial charge is 0.449 e. The van der Waals surface area contributed by atoms with Gasteiger partial charge in [0, 0.05) is 12.1 Å². The molecule has 0 radical (unpaired) electrons. The van der Waals surface area contributed by atoms with Gasteiger partial charge in [-0.15, -0.1) is 0 Å². The van der Waals surface area contributed by atoms with E-state index >= 15 is 0 Å². The van der Waals surface area contributed by atoms with E-state index in [1.54, 1.807) is 0 Å². The van der Waals surface area contributed by atoms with Crippen LogP contribution in [0.1, 0.15) is 0 Å². The van der Waals surface area contributed by atoms with E-state index in [0.29, 0.717) is 0 Å². The molecule has 0 aliphatic carbocycles. The first kappa shape index (κ1) is 18.4. The fourth-order valence-electron chi connectivity index (χ4n) is 2.27. The number of carboxylic acid groups (broad SMARTS) is 2. The van der Waals surface area contributed by atoms with Crippen LogP contribution in [0.25, 0.3) is 21.9 Å². The summed E-state index contributed by atoms with van der Waals surface area (Å²) >= 11 is 12.0. The molecule has 0 aliphatic rings. The molecule has 0 aliphatic heterocycles. The van der Waals surface area contributed by atoms with Gasteiger partial charge in [0.2, 0.25) is 0 Å². The fourth-order valence-corrected chi connectivity index (χ4v) is 2.73. The molecule has 27 heavy (non-hydrogen) atoms. The Morgan fingerprint density at radius 2 is 1.48 bits per heavy atom. The minimum absolute atomic E-state index is 0.330. The van der Waals surface area contributed by atoms with E-state index in [1.807, 2.05) is 0 Å². The van der Waals surface area contributed by atoms with Gasteiger partial charge in [-0.25, -0.2) is 19.2 Å². The van der Waals surface area contributed by atoms with E-state index in [9.17, 15) is 19.2 Å². The first-order valence-electron chi connectivity index (χ1n) is 6.59. The van der Waals surface area contributed by atoms with Gasteiger partial charge in [0.25, 0.3) is 0 Å². The molecular formula is C14H4Cl2O11. The van der Waals surface area contributed by atoms with Crippen LogP contribution in [0, 0.1) is 0 Å². The number of rotatable bonds is 2. The molecule has 11 nitrogen and oxygen atoms in total. The molecule has 13 heteroatoms. The second-order valence-electron chi connectivity index (χ2n) is 4.66. The monoisotopic (exact) mass is 418 g/mol. The molecule has 1 heterocycles. The van der Waals surface area contributed by atoms with E-state index in [1.165, 1.54) is 0 Å². The van der Waals surface area contributed by atoms with Gasteiger partial charge in [-0.05, 0) is 0 Å². The lowest BCUT2D eigenvalue weighted by Gasteiger charge is -2.12. The van der Waals surface area contributed by atoms with Crippen LogP contribution < -0.4 is 21.1 Å². The number of hydrogen-bond acceptors (Lipinski definition) is 9. The van der Waals surface area contributed by atoms with Gasteiger partial charge in [-0.2, -0.15) is 0 Å². The molecule has 0 spiro atoms. The lowest BCUT2D eigenvalue weighted by molar-refractivity contribution is 0.142. The summed E-state index contributed by atoms with van der Waals surface area (Å²) < 4.78 is 23.0. The predicted molar refractivity (Wildman–Crippen MR) is 86.9 cm³/mol. The molecule has 0 saturated heterocycles. The minimum atomic E-state index is -1.80. The first-order valence-corrected chi connectivity index (χ1v) is 7.34. The number of halogens is 2. The summed E-state index contributed by atoms with van der Waals surface area (Å²) in [4.78, 5) is 45.2. The van der Waals surface area contributed by atoms with Crippen LogP contribution >= 0.6 is 23.2 Å². The average molecular weight is 419 g/mol. The van der Waals surface area contributed by atoms with Crippen molar-refractivity contribution in [2.45, 2.75) is 0 Å². The molecule has 3 rings (SSSR count). The quantitative estimate of drug-likeness (QED) is 0.461. The van der Waals surface area contributed by atoms with Crippen molar-refractivity contribution in [2.75, 3.05) is 0 Å². The maximum Gasteiger partial charge on any atom is 0.524 e. The van der Waals surface area contributed by atoms with E-state index in [0.717, 1.165) is 12.1 Å². The molecule has 2 N–H and O–H groups in total. The van der Waals surface area contributed by atoms with E-state index in [2.05, 4.69) is 13.9 Å². The Bertz CT molecular complexity index is 1250. The largest absolute Gasteiger partial charge is 0.524 e. The van der Waals surface area contributed by atoms with Crippen molar-refractivity contribution in [2.24, 2.45) is 0 Å². The topological polar surface area (TPSA) is 167 Å². The second kappa shape index (κ2) is 6.70. The van der Waals surface area contributed by atoms with Crippen LogP contribution in [0.15, 0.2) is 35.0 Å². The predicted octanol–water partition coefficient (Wildman–Crippen LogP) is 3.47. The van der Waals surface area contributed by atoms with Crippen molar-refractivity contribution in [3.05, 3.63) is 43.4 Å². The van der Waals surface area contributed by atoms with Crippen molar-refractivity contribution >= 4 is 57.5 Å². The Morgan fingerprint density at radius 3 is 2.11 bits per heavy atom. The molecule has 3 aromatic rings. The van der Waals surface area contributed by atoms with Crippen LogP contribution in [0.5, 0.6) is 11.5 Å². The molecule has 140 valence electrons. The summed E-state index contributed by atoms with van der Waals surface area (Å²) in [6.45, 7) is 0. The van der Waals surface area contributed by atoms with Gasteiger partial charge in [-0.3, -0.25) is 0 Å². The van der Waals surface area contributed by atoms with Gasteiger partial charge in [0.15, 0.2) is 11.3 Å². The van der Waals surface area contributed by atoms with Gasteiger partial charge in [0.1, 0.15) is 11.3 Å². The SMILES string of the molecule is O=C(O)Oc1cc(Cl)c(OC(=O)O)c2c3oc(=O)oc(=O)oc(cc3Cl)c12. The van der Waals surface area contributed by atoms with Crippen LogP contribution in [-0.2, 0) is 0 Å². The third-order valence-electron chi connectivity index (χ3n) is 3.08. The standard InChI is InChI=1S/C14H4Cl2O11/c15-3-1-5(23-11(17)18)7-6-2-4(16)10(8(7)9(3)25-12(19)20)26-14(22)27-13(21)24-6/h1-2H,(H,17,18)(H,19,20). The summed E-state index contributed by atoms with van der Waals surface area (Å²) in [6, 6.07) is 1.89. The van der Waals surface area contributed by atoms with Crippen molar-refractivity contribution in [3.8, 4) is 11.5 Å². The highest BCUT2D eigenvalue weighted by molar-refractivity contribution is 6.39. The lowest BCUT2D eigenvalue weighted by atomic mass is 10.1. The maximum atomic E-state index is 11.6. The lowest BCUT2D eigenvalue weighted by Crippen LogP contribution is -2.07. The first-order chi connectivity index (χ1) is 12.7. The third-order valence-corrected chi connectivity index (χ3v) is 3.64. The maximum absolute atomic E-state index is 11.6. The van der Waals surface area contributed by atoms with Crippen molar-refractivity contribution in [3.63, 3.8) is 0 Å². The van der Waals surface area contributed by atoms with Crippen molar-refractivity contribution in [1.82, 2.24) is 0 Å². The average Bonchev–Trinajstić information content (AvgIpc) is 2.60. The van der Waals surface area contributed by atoms with Gasteiger partial charge in [-0.1, -0.05) is 23.2 Å². The molecule has 0 atom stereocenters. The van der Waals surface area contributed by atoms with Gasteiger partial charge in [0.05, 0.1) is 20.8 Å². The highest BCUT2D eigenvalue weighted by Gasteiger charge is 2.24. The van der Waals surface area contributed by atoms with Gasteiger partial charge < -0.3 is 32.9 Å². The Morgan fingerprint density at radius 1 is 0.852 bits per heavy atom. The molecule has 0 amide bonds. The Kier molecular flexibility index (Phi) is 4.56. The molecule has 2 aromatic carbocycles. The van der Waals surface area contributed by atoms with Crippen molar-refractivity contribution in [1.29, 1.82) is 0 Å². The highest BCUT2D eigenvalue weighted by atomic mass is 35.5. The zero-order valence-corrected chi connectivity index (χ0v) is 14.0. The molecule has 0 unspecified atom stereocenters. The molecular weight excluding hydrogens is 415 g/mol. The summed E-state index contributed by atoms with van der Waals surface area (Å²) in [6.07, 6.45) is -3.57. The minimum Gasteiger partial charge on any atom is -0.449 e. The number of benzene rings is 2. The van der Waals surface area contributed by atoms with Crippen molar-refractivity contribution < 1.29 is 42.5 Å². The number of carbonyl (C=O) groups is 2. The Labute approximate surface area is 155 Å². The summed E-state index contributed by atoms with van der Waals surface area (Å²) in [5, 5.41) is 16.3. The van der Waals surface area contributed by atoms with E-state index < -0.39 is 57.0 Å². The summed E-state index contributed by atoms with van der Waals surface area (Å²) in [5.41, 5.74) is -0.974. The van der Waals surface area contributed by atoms with E-state index in [-0.39, 0.29) is 10.4 Å². The number of ether oxygens (including phenoxy) is 2. The summed E-state index contributed by atoms with van der Waals surface area (Å²) in [5.74, 6) is -4.15. The third kappa shape index (κ3) is 3.45.